The number of carbonyl (C=O) groups excluding carboxylic acids is 2. The first-order valence-electron chi connectivity index (χ1n) is 8.86. The van der Waals surface area contributed by atoms with Crippen molar-refractivity contribution in [3.05, 3.63) is 41.3 Å². The van der Waals surface area contributed by atoms with Crippen molar-refractivity contribution < 1.29 is 23.8 Å². The van der Waals surface area contributed by atoms with Crippen molar-refractivity contribution in [1.82, 2.24) is 9.80 Å². The molecule has 2 fully saturated rings. The molecule has 2 atom stereocenters. The number of ether oxygens (including phenoxy) is 3. The molecule has 3 heterocycles. The van der Waals surface area contributed by atoms with Gasteiger partial charge >= 0.3 is 12.1 Å². The number of benzene rings is 1. The normalized spacial score (nSPS) is 20.7. The molecule has 1 N–H and O–H groups in total. The van der Waals surface area contributed by atoms with Crippen LogP contribution in [-0.2, 0) is 11.3 Å². The molecule has 28 heavy (non-hydrogen) atoms. The number of hydrogen-bond donors (Lipinski definition) is 1. The molecule has 0 radical (unpaired) electrons. The number of carbonyl (C=O) groups is 2. The summed E-state index contributed by atoms with van der Waals surface area (Å²) < 4.78 is 16.1. The average molecular weight is 403 g/mol. The summed E-state index contributed by atoms with van der Waals surface area (Å²) in [4.78, 5) is 28.2. The number of hydrogen-bond acceptors (Lipinski definition) is 6. The topological polar surface area (TPSA) is 80.3 Å². The number of thiophene rings is 1. The summed E-state index contributed by atoms with van der Waals surface area (Å²) in [5.74, 6) is 1.23. The van der Waals surface area contributed by atoms with E-state index in [2.05, 4.69) is 5.32 Å². The van der Waals surface area contributed by atoms with Gasteiger partial charge in [-0.15, -0.1) is 11.3 Å². The van der Waals surface area contributed by atoms with Crippen LogP contribution in [0, 0.1) is 0 Å². The largest absolute Gasteiger partial charge is 0.493 e. The van der Waals surface area contributed by atoms with Crippen LogP contribution in [0.25, 0.3) is 0 Å². The first-order chi connectivity index (χ1) is 13.6. The van der Waals surface area contributed by atoms with Crippen molar-refractivity contribution in [3.8, 4) is 11.5 Å². The molecule has 2 aromatic rings. The van der Waals surface area contributed by atoms with Gasteiger partial charge in [0, 0.05) is 13.1 Å². The molecule has 1 aromatic carbocycles. The quantitative estimate of drug-likeness (QED) is 0.830. The SMILES string of the molecule is COc1ccc(CN2C(=O)O[C@H]3CN(C(=O)Nc4cccs4)C[C@H]32)cc1OC. The smallest absolute Gasteiger partial charge is 0.410 e. The van der Waals surface area contributed by atoms with Crippen LogP contribution in [0.15, 0.2) is 35.7 Å². The monoisotopic (exact) mass is 403 g/mol. The second kappa shape index (κ2) is 7.59. The molecule has 2 aliphatic rings. The standard InChI is InChI=1S/C19H21N3O5S/c1-25-14-6-5-12(8-15(14)26-2)9-22-13-10-21(11-16(13)27-19(22)24)18(23)20-17-4-3-7-28-17/h3-8,13,16H,9-11H2,1-2H3,(H,20,23)/t13-,16+/m1/s1. The third-order valence-corrected chi connectivity index (χ3v) is 5.75. The van der Waals surface area contributed by atoms with Gasteiger partial charge in [0.25, 0.3) is 0 Å². The highest BCUT2D eigenvalue weighted by Gasteiger charge is 2.48. The van der Waals surface area contributed by atoms with E-state index >= 15 is 0 Å². The van der Waals surface area contributed by atoms with E-state index in [4.69, 9.17) is 14.2 Å². The second-order valence-electron chi connectivity index (χ2n) is 6.62. The Morgan fingerprint density at radius 2 is 2.07 bits per heavy atom. The van der Waals surface area contributed by atoms with E-state index in [1.54, 1.807) is 24.0 Å². The van der Waals surface area contributed by atoms with Gasteiger partial charge in [-0.3, -0.25) is 10.2 Å². The van der Waals surface area contributed by atoms with E-state index in [1.165, 1.54) is 11.3 Å². The molecule has 1 aromatic heterocycles. The summed E-state index contributed by atoms with van der Waals surface area (Å²) in [6, 6.07) is 8.92. The summed E-state index contributed by atoms with van der Waals surface area (Å²) in [5.41, 5.74) is 0.900. The molecule has 8 nitrogen and oxygen atoms in total. The molecule has 0 unspecified atom stereocenters. The Kier molecular flexibility index (Phi) is 4.99. The highest BCUT2D eigenvalue weighted by atomic mass is 32.1. The zero-order valence-corrected chi connectivity index (χ0v) is 16.4. The van der Waals surface area contributed by atoms with E-state index in [0.717, 1.165) is 10.6 Å². The Morgan fingerprint density at radius 1 is 1.25 bits per heavy atom. The molecule has 0 aliphatic carbocycles. The molecular formula is C19H21N3O5S. The van der Waals surface area contributed by atoms with Crippen LogP contribution in [0.1, 0.15) is 5.56 Å². The van der Waals surface area contributed by atoms with Gasteiger partial charge in [0.05, 0.1) is 31.8 Å². The van der Waals surface area contributed by atoms with E-state index < -0.39 is 0 Å². The van der Waals surface area contributed by atoms with Crippen LogP contribution < -0.4 is 14.8 Å². The average Bonchev–Trinajstić information content (AvgIpc) is 3.40. The zero-order chi connectivity index (χ0) is 19.7. The fraction of sp³-hybridized carbons (Fsp3) is 0.368. The lowest BCUT2D eigenvalue weighted by Crippen LogP contribution is -2.40. The van der Waals surface area contributed by atoms with Gasteiger partial charge in [-0.05, 0) is 35.2 Å². The number of urea groups is 1. The number of nitrogens with zero attached hydrogens (tertiary/aromatic N) is 2. The molecule has 0 spiro atoms. The van der Waals surface area contributed by atoms with Crippen LogP contribution in [0.5, 0.6) is 11.5 Å². The van der Waals surface area contributed by atoms with Crippen LogP contribution in [0.4, 0.5) is 14.6 Å². The minimum atomic E-state index is -0.358. The fourth-order valence-corrected chi connectivity index (χ4v) is 4.17. The fourth-order valence-electron chi connectivity index (χ4n) is 3.56. The Labute approximate surface area is 166 Å². The summed E-state index contributed by atoms with van der Waals surface area (Å²) in [5, 5.41) is 5.57. The first kappa shape index (κ1) is 18.4. The Balaban J connectivity index is 1.44. The van der Waals surface area contributed by atoms with Crippen molar-refractivity contribution in [1.29, 1.82) is 0 Å². The van der Waals surface area contributed by atoms with Gasteiger partial charge in [0.15, 0.2) is 11.5 Å². The number of methoxy groups -OCH3 is 2. The van der Waals surface area contributed by atoms with Crippen LogP contribution in [0.3, 0.4) is 0 Å². The number of fused-ring (bicyclic) bond motifs is 1. The molecule has 4 rings (SSSR count). The zero-order valence-electron chi connectivity index (χ0n) is 15.6. The molecular weight excluding hydrogens is 382 g/mol. The third kappa shape index (κ3) is 3.45. The van der Waals surface area contributed by atoms with Crippen LogP contribution in [0.2, 0.25) is 0 Å². The third-order valence-electron chi connectivity index (χ3n) is 4.96. The van der Waals surface area contributed by atoms with E-state index in [-0.39, 0.29) is 24.3 Å². The van der Waals surface area contributed by atoms with Gasteiger partial charge < -0.3 is 19.1 Å². The lowest BCUT2D eigenvalue weighted by molar-refractivity contribution is 0.123. The summed E-state index contributed by atoms with van der Waals surface area (Å²) in [6.45, 7) is 1.19. The van der Waals surface area contributed by atoms with Crippen molar-refractivity contribution in [3.63, 3.8) is 0 Å². The van der Waals surface area contributed by atoms with E-state index in [1.807, 2.05) is 35.7 Å². The predicted molar refractivity (Wildman–Crippen MR) is 104 cm³/mol. The Bertz CT molecular complexity index is 872. The van der Waals surface area contributed by atoms with Gasteiger partial charge in [-0.1, -0.05) is 6.07 Å². The predicted octanol–water partition coefficient (Wildman–Crippen LogP) is 3.00. The first-order valence-corrected chi connectivity index (χ1v) is 9.74. The molecule has 3 amide bonds. The maximum atomic E-state index is 12.5. The van der Waals surface area contributed by atoms with Crippen LogP contribution in [-0.4, -0.2) is 61.4 Å². The Hall–Kier alpha value is -2.94. The lowest BCUT2D eigenvalue weighted by Gasteiger charge is -2.23. The van der Waals surface area contributed by atoms with Gasteiger partial charge in [-0.25, -0.2) is 9.59 Å². The van der Waals surface area contributed by atoms with Crippen molar-refractivity contribution >= 4 is 28.5 Å². The lowest BCUT2D eigenvalue weighted by atomic mass is 10.1. The molecule has 2 aliphatic heterocycles. The number of nitrogens with one attached hydrogen (secondary N) is 1. The molecule has 0 saturated carbocycles. The van der Waals surface area contributed by atoms with Crippen molar-refractivity contribution in [2.24, 2.45) is 0 Å². The van der Waals surface area contributed by atoms with Gasteiger partial charge in [0.1, 0.15) is 6.10 Å². The van der Waals surface area contributed by atoms with Crippen molar-refractivity contribution in [2.45, 2.75) is 18.7 Å². The second-order valence-corrected chi connectivity index (χ2v) is 7.57. The molecule has 0 bridgehead atoms. The summed E-state index contributed by atoms with van der Waals surface area (Å²) >= 11 is 1.46. The maximum absolute atomic E-state index is 12.5. The number of anilines is 1. The highest BCUT2D eigenvalue weighted by Crippen LogP contribution is 2.32. The van der Waals surface area contributed by atoms with Gasteiger partial charge in [-0.2, -0.15) is 0 Å². The minimum Gasteiger partial charge on any atom is -0.493 e. The highest BCUT2D eigenvalue weighted by molar-refractivity contribution is 7.14. The van der Waals surface area contributed by atoms with Gasteiger partial charge in [0.2, 0.25) is 0 Å². The summed E-state index contributed by atoms with van der Waals surface area (Å²) in [6.07, 6.45) is -0.676. The Morgan fingerprint density at radius 3 is 2.79 bits per heavy atom. The summed E-state index contributed by atoms with van der Waals surface area (Å²) in [7, 11) is 3.15. The van der Waals surface area contributed by atoms with Crippen LogP contribution >= 0.6 is 11.3 Å². The van der Waals surface area contributed by atoms with E-state index in [9.17, 15) is 9.59 Å². The van der Waals surface area contributed by atoms with Crippen molar-refractivity contribution in [2.75, 3.05) is 32.6 Å². The van der Waals surface area contributed by atoms with E-state index in [0.29, 0.717) is 31.1 Å². The molecule has 9 heteroatoms. The number of likely N-dealkylation sites (tertiary alicyclic amines) is 1. The number of amides is 3. The minimum absolute atomic E-state index is 0.172. The maximum Gasteiger partial charge on any atom is 0.410 e. The molecule has 2 saturated heterocycles. The molecule has 148 valence electrons. The number of rotatable bonds is 5.